The molecule has 2 heterocycles. The van der Waals surface area contributed by atoms with Gasteiger partial charge in [-0.05, 0) is 26.3 Å². The van der Waals surface area contributed by atoms with Crippen LogP contribution in [0.2, 0.25) is 5.02 Å². The molecule has 0 aromatic carbocycles. The molecule has 0 aliphatic carbocycles. The van der Waals surface area contributed by atoms with E-state index in [0.29, 0.717) is 18.0 Å². The van der Waals surface area contributed by atoms with E-state index in [1.807, 2.05) is 33.9 Å². The van der Waals surface area contributed by atoms with Gasteiger partial charge in [0.05, 0.1) is 28.6 Å². The van der Waals surface area contributed by atoms with Gasteiger partial charge in [0.15, 0.2) is 0 Å². The molecule has 2 rings (SSSR count). The molecule has 1 unspecified atom stereocenters. The fraction of sp³-hybridized carbons (Fsp3) is 0.533. The van der Waals surface area contributed by atoms with Crippen molar-refractivity contribution in [2.75, 3.05) is 7.05 Å². The van der Waals surface area contributed by atoms with Crippen LogP contribution < -0.4 is 0 Å². The van der Waals surface area contributed by atoms with E-state index in [1.54, 1.807) is 27.5 Å². The topological polar surface area (TPSA) is 56.0 Å². The van der Waals surface area contributed by atoms with Gasteiger partial charge in [0, 0.05) is 20.3 Å². The van der Waals surface area contributed by atoms with E-state index < -0.39 is 0 Å². The molecule has 7 heteroatoms. The minimum atomic E-state index is -0.343. The second-order valence-electron chi connectivity index (χ2n) is 5.49. The van der Waals surface area contributed by atoms with Crippen molar-refractivity contribution in [3.63, 3.8) is 0 Å². The van der Waals surface area contributed by atoms with E-state index in [9.17, 15) is 4.79 Å². The number of nitrogens with zero attached hydrogens (tertiary/aromatic N) is 5. The number of carbonyl (C=O) groups excluding carboxylic acids is 1. The zero-order valence-electron chi connectivity index (χ0n) is 13.7. The van der Waals surface area contributed by atoms with Crippen molar-refractivity contribution >= 4 is 17.5 Å². The predicted molar refractivity (Wildman–Crippen MR) is 85.7 cm³/mol. The van der Waals surface area contributed by atoms with Crippen molar-refractivity contribution in [2.24, 2.45) is 7.05 Å². The lowest BCUT2D eigenvalue weighted by Gasteiger charge is -2.24. The van der Waals surface area contributed by atoms with Crippen LogP contribution in [0, 0.1) is 13.8 Å². The number of aromatic nitrogens is 4. The van der Waals surface area contributed by atoms with Gasteiger partial charge in [-0.25, -0.2) is 0 Å². The normalized spacial score (nSPS) is 12.5. The van der Waals surface area contributed by atoms with Crippen molar-refractivity contribution < 1.29 is 4.79 Å². The van der Waals surface area contributed by atoms with Gasteiger partial charge in [0.1, 0.15) is 6.04 Å². The van der Waals surface area contributed by atoms with Crippen LogP contribution in [0.15, 0.2) is 12.3 Å². The highest BCUT2D eigenvalue weighted by molar-refractivity contribution is 6.31. The van der Waals surface area contributed by atoms with Crippen LogP contribution in [0.5, 0.6) is 0 Å². The summed E-state index contributed by atoms with van der Waals surface area (Å²) in [5.41, 5.74) is 2.56. The number of rotatable bonds is 5. The minimum Gasteiger partial charge on any atom is -0.338 e. The molecule has 2 aromatic heterocycles. The Hall–Kier alpha value is -1.82. The van der Waals surface area contributed by atoms with Crippen LogP contribution in [0.1, 0.15) is 36.5 Å². The van der Waals surface area contributed by atoms with Gasteiger partial charge in [-0.1, -0.05) is 18.5 Å². The molecule has 1 atom stereocenters. The molecule has 120 valence electrons. The highest BCUT2D eigenvalue weighted by atomic mass is 35.5. The number of carbonyl (C=O) groups is 1. The van der Waals surface area contributed by atoms with Gasteiger partial charge < -0.3 is 4.90 Å². The lowest BCUT2D eigenvalue weighted by atomic mass is 10.2. The molecule has 0 radical (unpaired) electrons. The Morgan fingerprint density at radius 2 is 2.14 bits per heavy atom. The third-order valence-corrected chi connectivity index (χ3v) is 4.45. The summed E-state index contributed by atoms with van der Waals surface area (Å²) < 4.78 is 3.50. The summed E-state index contributed by atoms with van der Waals surface area (Å²) in [6.07, 6.45) is 2.39. The monoisotopic (exact) mass is 323 g/mol. The summed E-state index contributed by atoms with van der Waals surface area (Å²) >= 11 is 6.20. The third-order valence-electron chi connectivity index (χ3n) is 3.90. The molecule has 0 spiro atoms. The predicted octanol–water partition coefficient (Wildman–Crippen LogP) is 2.50. The first-order chi connectivity index (χ1) is 10.4. The van der Waals surface area contributed by atoms with Crippen LogP contribution in [0.3, 0.4) is 0 Å². The van der Waals surface area contributed by atoms with E-state index in [2.05, 4.69) is 10.2 Å². The van der Waals surface area contributed by atoms with Crippen LogP contribution in [0.4, 0.5) is 0 Å². The minimum absolute atomic E-state index is 0.0194. The van der Waals surface area contributed by atoms with Gasteiger partial charge in [-0.15, -0.1) is 0 Å². The summed E-state index contributed by atoms with van der Waals surface area (Å²) in [5, 5.41) is 9.17. The van der Waals surface area contributed by atoms with Crippen molar-refractivity contribution in [1.29, 1.82) is 0 Å². The molecule has 0 bridgehead atoms. The van der Waals surface area contributed by atoms with Crippen LogP contribution in [-0.2, 0) is 18.4 Å². The Morgan fingerprint density at radius 3 is 2.59 bits per heavy atom. The van der Waals surface area contributed by atoms with Gasteiger partial charge in [-0.3, -0.25) is 14.2 Å². The highest BCUT2D eigenvalue weighted by Crippen LogP contribution is 2.25. The van der Waals surface area contributed by atoms with Crippen LogP contribution in [-0.4, -0.2) is 37.4 Å². The summed E-state index contributed by atoms with van der Waals surface area (Å²) in [5.74, 6) is 0.0194. The van der Waals surface area contributed by atoms with E-state index in [-0.39, 0.29) is 11.9 Å². The molecule has 2 aromatic rings. The average Bonchev–Trinajstić information content (AvgIpc) is 2.99. The Kier molecular flexibility index (Phi) is 4.90. The van der Waals surface area contributed by atoms with E-state index in [1.165, 1.54) is 0 Å². The zero-order valence-corrected chi connectivity index (χ0v) is 14.4. The maximum absolute atomic E-state index is 12.8. The van der Waals surface area contributed by atoms with Crippen LogP contribution >= 0.6 is 11.6 Å². The Labute approximate surface area is 135 Å². The number of hydrogen-bond acceptors (Lipinski definition) is 3. The molecule has 0 aliphatic heterocycles. The molecule has 1 amide bonds. The molecule has 0 fully saturated rings. The molecule has 22 heavy (non-hydrogen) atoms. The largest absolute Gasteiger partial charge is 0.338 e. The van der Waals surface area contributed by atoms with Gasteiger partial charge >= 0.3 is 0 Å². The number of hydrogen-bond donors (Lipinski definition) is 0. The fourth-order valence-corrected chi connectivity index (χ4v) is 2.65. The molecule has 0 saturated heterocycles. The smallest absolute Gasteiger partial charge is 0.247 e. The van der Waals surface area contributed by atoms with Gasteiger partial charge in [0.25, 0.3) is 0 Å². The third kappa shape index (κ3) is 3.02. The van der Waals surface area contributed by atoms with E-state index >= 15 is 0 Å². The lowest BCUT2D eigenvalue weighted by Crippen LogP contribution is -2.35. The number of likely N-dealkylation sites (N-methyl/N-ethyl adjacent to an activating group) is 1. The first kappa shape index (κ1) is 16.5. The maximum Gasteiger partial charge on any atom is 0.247 e. The summed E-state index contributed by atoms with van der Waals surface area (Å²) in [4.78, 5) is 14.5. The molecular formula is C15H22ClN5O. The van der Waals surface area contributed by atoms with Gasteiger partial charge in [-0.2, -0.15) is 10.2 Å². The van der Waals surface area contributed by atoms with Crippen molar-refractivity contribution in [2.45, 2.75) is 39.8 Å². The quantitative estimate of drug-likeness (QED) is 0.849. The maximum atomic E-state index is 12.8. The van der Waals surface area contributed by atoms with Crippen LogP contribution in [0.25, 0.3) is 0 Å². The molecular weight excluding hydrogens is 302 g/mol. The summed E-state index contributed by atoms with van der Waals surface area (Å²) in [6, 6.07) is 1.56. The Bertz CT molecular complexity index is 676. The van der Waals surface area contributed by atoms with Gasteiger partial charge in [0.2, 0.25) is 5.91 Å². The second-order valence-corrected chi connectivity index (χ2v) is 5.87. The first-order valence-electron chi connectivity index (χ1n) is 7.29. The summed E-state index contributed by atoms with van der Waals surface area (Å²) in [6.45, 7) is 6.23. The fourth-order valence-electron chi connectivity index (χ4n) is 2.53. The van der Waals surface area contributed by atoms with Crippen molar-refractivity contribution in [3.05, 3.63) is 34.4 Å². The average molecular weight is 324 g/mol. The molecule has 0 N–H and O–H groups in total. The highest BCUT2D eigenvalue weighted by Gasteiger charge is 2.26. The SMILES string of the molecule is CCC(C(=O)N(C)Cc1ccnn1C)n1nc(C)c(Cl)c1C. The number of amides is 1. The zero-order chi connectivity index (χ0) is 16.4. The Balaban J connectivity index is 2.21. The summed E-state index contributed by atoms with van der Waals surface area (Å²) in [7, 11) is 3.66. The number of aryl methyl sites for hydroxylation is 2. The van der Waals surface area contributed by atoms with E-state index in [4.69, 9.17) is 11.6 Å². The molecule has 0 saturated carbocycles. The number of halogens is 1. The van der Waals surface area contributed by atoms with Crippen molar-refractivity contribution in [1.82, 2.24) is 24.5 Å². The van der Waals surface area contributed by atoms with E-state index in [0.717, 1.165) is 17.1 Å². The standard InChI is InChI=1S/C15H22ClN5O/c1-6-13(21-11(3)14(16)10(2)18-21)15(22)19(4)9-12-7-8-17-20(12)5/h7-8,13H,6,9H2,1-5H3. The first-order valence-corrected chi connectivity index (χ1v) is 7.67. The Morgan fingerprint density at radius 1 is 1.45 bits per heavy atom. The lowest BCUT2D eigenvalue weighted by molar-refractivity contribution is -0.134. The second kappa shape index (κ2) is 6.52. The van der Waals surface area contributed by atoms with Crippen molar-refractivity contribution in [3.8, 4) is 0 Å². The molecule has 6 nitrogen and oxygen atoms in total. The molecule has 0 aliphatic rings.